The molecule has 2 unspecified atom stereocenters. The van der Waals surface area contributed by atoms with Gasteiger partial charge in [0.1, 0.15) is 23.1 Å². The van der Waals surface area contributed by atoms with Gasteiger partial charge in [0.2, 0.25) is 0 Å². The van der Waals surface area contributed by atoms with E-state index in [9.17, 15) is 44.8 Å². The number of ether oxygens (including phenoxy) is 2. The third-order valence-electron chi connectivity index (χ3n) is 15.4. The number of fused-ring (bicyclic) bond motifs is 2. The summed E-state index contributed by atoms with van der Waals surface area (Å²) in [5.41, 5.74) is 11.5. The van der Waals surface area contributed by atoms with Gasteiger partial charge >= 0.3 is 0 Å². The van der Waals surface area contributed by atoms with E-state index in [0.717, 1.165) is 79.2 Å². The lowest BCUT2D eigenvalue weighted by atomic mass is 9.77. The first kappa shape index (κ1) is 62.0. The second-order valence-corrected chi connectivity index (χ2v) is 24.5. The quantitative estimate of drug-likeness (QED) is 0.0681. The highest BCUT2D eigenvalue weighted by Gasteiger charge is 2.44. The van der Waals surface area contributed by atoms with Crippen LogP contribution in [0.5, 0.6) is 11.5 Å². The van der Waals surface area contributed by atoms with E-state index >= 15 is 0 Å². The van der Waals surface area contributed by atoms with Crippen LogP contribution < -0.4 is 55.8 Å². The largest absolute Gasteiger partial charge is 0.495 e. The Morgan fingerprint density at radius 2 is 1.01 bits per heavy atom. The van der Waals surface area contributed by atoms with E-state index in [2.05, 4.69) is 31.7 Å². The summed E-state index contributed by atoms with van der Waals surface area (Å²) in [6.45, 7) is 1.04. The number of benzene rings is 6. The molecule has 19 nitrogen and oxygen atoms in total. The van der Waals surface area contributed by atoms with Crippen LogP contribution in [0.15, 0.2) is 121 Å². The number of nitrogens with zero attached hydrogens (tertiary/aromatic N) is 2. The van der Waals surface area contributed by atoms with Crippen molar-refractivity contribution in [2.24, 2.45) is 32.0 Å². The summed E-state index contributed by atoms with van der Waals surface area (Å²) >= 11 is 12.2. The second-order valence-electron chi connectivity index (χ2n) is 21.2. The minimum Gasteiger partial charge on any atom is -0.495 e. The maximum Gasteiger partial charge on any atom is 0.274 e. The van der Waals surface area contributed by atoms with Crippen LogP contribution in [0.2, 0.25) is 10.0 Å². The zero-order valence-electron chi connectivity index (χ0n) is 45.3. The molecule has 0 radical (unpaired) electrons. The van der Waals surface area contributed by atoms with E-state index in [1.807, 2.05) is 47.4 Å². The highest BCUT2D eigenvalue weighted by Crippen LogP contribution is 2.49. The summed E-state index contributed by atoms with van der Waals surface area (Å²) in [4.78, 5) is 56.8. The van der Waals surface area contributed by atoms with Gasteiger partial charge in [0.15, 0.2) is 0 Å². The fraction of sp³-hybridized carbons (Fsp3) is 0.310. The molecule has 2 spiro atoms. The molecular weight excluding hydrogens is 1160 g/mol. The van der Waals surface area contributed by atoms with Gasteiger partial charge in [-0.2, -0.15) is 21.6 Å². The SMILES string of the molecule is COc1cc(C(=O)N2CC[C@@]3(CCC(N)C3)Cc3ccccc32)ccc1NC(=O)c1cc(F)ccc1Cl.COc1cc(C(=O)N2CC[C@@]3(CCC(NS(N)(=O)=O)C3)Cc3ccccc32)ccc1NC(=O)c1cc(F)ccc1Cl.NS(N)(=O)=O. The fourth-order valence-electron chi connectivity index (χ4n) is 11.6. The molecule has 2 aliphatic heterocycles. The lowest BCUT2D eigenvalue weighted by Crippen LogP contribution is -2.39. The van der Waals surface area contributed by atoms with E-state index in [1.54, 1.807) is 41.3 Å². The second kappa shape index (κ2) is 25.8. The molecule has 83 heavy (non-hydrogen) atoms. The van der Waals surface area contributed by atoms with Crippen LogP contribution in [-0.2, 0) is 33.3 Å². The number of nitrogens with one attached hydrogen (secondary N) is 3. The summed E-state index contributed by atoms with van der Waals surface area (Å²) < 4.78 is 82.5. The van der Waals surface area contributed by atoms with Crippen molar-refractivity contribution in [3.8, 4) is 11.5 Å². The average Bonchev–Trinajstić information content (AvgIpc) is 3.59. The Labute approximate surface area is 490 Å². The van der Waals surface area contributed by atoms with Crippen molar-refractivity contribution in [3.63, 3.8) is 0 Å². The van der Waals surface area contributed by atoms with Gasteiger partial charge in [-0.15, -0.1) is 0 Å². The smallest absolute Gasteiger partial charge is 0.274 e. The standard InChI is InChI=1S/C29H30ClFN4O5S.C29H29ClFN3O3.H4N2O2S/c1-40-26-14-18(6-9-24(26)33-27(36)22-15-20(31)7-8-23(22)30)28(37)35-13-12-29(16-19-4-2-3-5-25(19)35)11-10-21(17-29)34-41(32,38)39;1-37-26-14-18(6-9-24(26)33-27(35)22-15-20(31)7-8-23(22)30)28(36)34-13-12-29(11-10-21(32)17-29)16-19-4-2-3-5-25(19)34;1-5(2,3)4/h2-9,14-15,21,34H,10-13,16-17H2,1H3,(H,33,36)(H2,32,38,39);2-9,14-15,21H,10-13,16-17,32H2,1H3,(H,33,35);(H4,1,2,3,4)/t2*21?,29-;/m00./s1. The Morgan fingerprint density at radius 1 is 0.590 bits per heavy atom. The lowest BCUT2D eigenvalue weighted by molar-refractivity contribution is 0.0976. The van der Waals surface area contributed by atoms with Gasteiger partial charge in [0.25, 0.3) is 44.0 Å². The Bertz CT molecular complexity index is 3690. The maximum absolute atomic E-state index is 13.9. The van der Waals surface area contributed by atoms with Crippen molar-refractivity contribution in [3.05, 3.63) is 176 Å². The number of hydrogen-bond acceptors (Lipinski definition) is 11. The Kier molecular flexibility index (Phi) is 19.3. The van der Waals surface area contributed by atoms with Crippen LogP contribution in [-0.4, -0.2) is 79.9 Å². The van der Waals surface area contributed by atoms with Crippen LogP contribution in [0.25, 0.3) is 0 Å². The van der Waals surface area contributed by atoms with Crippen molar-refractivity contribution >= 4 is 90.0 Å². The number of anilines is 4. The third-order valence-corrected chi connectivity index (χ3v) is 16.8. The third kappa shape index (κ3) is 15.6. The highest BCUT2D eigenvalue weighted by molar-refractivity contribution is 7.87. The van der Waals surface area contributed by atoms with E-state index < -0.39 is 43.9 Å². The van der Waals surface area contributed by atoms with E-state index in [-0.39, 0.29) is 61.6 Å². The number of halogens is 4. The van der Waals surface area contributed by atoms with E-state index in [1.165, 1.54) is 32.4 Å². The number of nitrogens with two attached hydrogens (primary N) is 4. The Balaban J connectivity index is 0.000000201. The van der Waals surface area contributed by atoms with E-state index in [4.69, 9.17) is 43.5 Å². The monoisotopic (exact) mass is 1220 g/mol. The van der Waals surface area contributed by atoms with Gasteiger partial charge < -0.3 is 35.6 Å². The summed E-state index contributed by atoms with van der Waals surface area (Å²) in [5, 5.41) is 19.0. The number of carbonyl (C=O) groups is 4. The number of hydrogen-bond donors (Lipinski definition) is 7. The van der Waals surface area contributed by atoms with Gasteiger partial charge in [-0.05, 0) is 171 Å². The lowest BCUT2D eigenvalue weighted by Gasteiger charge is -2.28. The average molecular weight is 1220 g/mol. The maximum atomic E-state index is 13.9. The Morgan fingerprint density at radius 3 is 1.42 bits per heavy atom. The summed E-state index contributed by atoms with van der Waals surface area (Å²) in [7, 11) is -4.59. The van der Waals surface area contributed by atoms with Crippen molar-refractivity contribution in [1.82, 2.24) is 4.72 Å². The highest BCUT2D eigenvalue weighted by atomic mass is 35.5. The predicted molar refractivity (Wildman–Crippen MR) is 315 cm³/mol. The first-order chi connectivity index (χ1) is 39.2. The fourth-order valence-corrected chi connectivity index (χ4v) is 12.7. The van der Waals surface area contributed by atoms with E-state index in [0.29, 0.717) is 67.0 Å². The molecule has 0 saturated heterocycles. The molecule has 2 saturated carbocycles. The first-order valence-corrected chi connectivity index (χ1v) is 30.2. The molecule has 4 amide bonds. The summed E-state index contributed by atoms with van der Waals surface area (Å²) in [5.74, 6) is -2.18. The van der Waals surface area contributed by atoms with Crippen LogP contribution in [0, 0.1) is 22.5 Å². The summed E-state index contributed by atoms with van der Waals surface area (Å²) in [6.07, 6.45) is 8.40. The predicted octanol–water partition coefficient (Wildman–Crippen LogP) is 8.64. The number of para-hydroxylation sites is 2. The topological polar surface area (TPSA) is 302 Å². The van der Waals surface area contributed by atoms with Crippen molar-refractivity contribution in [2.45, 2.75) is 76.3 Å². The van der Waals surface area contributed by atoms with Gasteiger partial charge in [-0.25, -0.2) is 24.2 Å². The molecule has 6 aromatic rings. The molecule has 2 aliphatic carbocycles. The normalized spacial score (nSPS) is 20.1. The van der Waals surface area contributed by atoms with Gasteiger partial charge in [-0.3, -0.25) is 19.2 Å². The number of methoxy groups -OCH3 is 2. The molecule has 0 aromatic heterocycles. The molecule has 10 rings (SSSR count). The molecule has 2 heterocycles. The van der Waals surface area contributed by atoms with Crippen molar-refractivity contribution in [1.29, 1.82) is 0 Å². The Hall–Kier alpha value is -7.06. The van der Waals surface area contributed by atoms with Crippen LogP contribution >= 0.6 is 23.2 Å². The molecule has 2 fully saturated rings. The molecule has 4 aliphatic rings. The minimum absolute atomic E-state index is 0.00519. The minimum atomic E-state index is -3.81. The van der Waals surface area contributed by atoms with Crippen LogP contribution in [0.1, 0.15) is 104 Å². The van der Waals surface area contributed by atoms with Crippen molar-refractivity contribution < 1.29 is 54.3 Å². The molecule has 0 bridgehead atoms. The molecule has 4 atom stereocenters. The molecule has 25 heteroatoms. The zero-order valence-corrected chi connectivity index (χ0v) is 48.4. The zero-order chi connectivity index (χ0) is 60.0. The number of amides is 4. The molecule has 11 N–H and O–H groups in total. The molecule has 440 valence electrons. The number of carbonyl (C=O) groups excluding carboxylic acids is 4. The van der Waals surface area contributed by atoms with Crippen LogP contribution in [0.4, 0.5) is 31.5 Å². The first-order valence-electron chi connectivity index (χ1n) is 26.3. The summed E-state index contributed by atoms with van der Waals surface area (Å²) in [6, 6.07) is 32.4. The van der Waals surface area contributed by atoms with Crippen molar-refractivity contribution in [2.75, 3.05) is 47.7 Å². The van der Waals surface area contributed by atoms with Gasteiger partial charge in [0, 0.05) is 47.7 Å². The molecular formula is C58H63Cl2F2N9O10S2. The molecule has 6 aromatic carbocycles. The number of rotatable bonds is 10. The van der Waals surface area contributed by atoms with Crippen LogP contribution in [0.3, 0.4) is 0 Å². The van der Waals surface area contributed by atoms with Gasteiger partial charge in [-0.1, -0.05) is 59.6 Å². The van der Waals surface area contributed by atoms with Gasteiger partial charge in [0.05, 0.1) is 46.8 Å².